The molecule has 9 heteroatoms. The first-order valence-corrected chi connectivity index (χ1v) is 15.3. The van der Waals surface area contributed by atoms with Crippen LogP contribution in [0.2, 0.25) is 0 Å². The van der Waals surface area contributed by atoms with Crippen molar-refractivity contribution < 1.29 is 19.1 Å². The van der Waals surface area contributed by atoms with E-state index < -0.39 is 17.3 Å². The van der Waals surface area contributed by atoms with Gasteiger partial charge in [-0.25, -0.2) is 4.39 Å². The number of aromatic amines is 1. The molecule has 226 valence electrons. The van der Waals surface area contributed by atoms with Gasteiger partial charge in [0.2, 0.25) is 11.5 Å². The van der Waals surface area contributed by atoms with Gasteiger partial charge in [0.05, 0.1) is 16.6 Å². The van der Waals surface area contributed by atoms with Gasteiger partial charge in [-0.2, -0.15) is 4.99 Å². The lowest BCUT2D eigenvalue weighted by Crippen LogP contribution is -2.41. The highest BCUT2D eigenvalue weighted by Gasteiger charge is 2.31. The molecule has 2 fully saturated rings. The van der Waals surface area contributed by atoms with Crippen LogP contribution in [0.25, 0.3) is 11.0 Å². The van der Waals surface area contributed by atoms with Crippen LogP contribution in [-0.2, 0) is 11.3 Å². The van der Waals surface area contributed by atoms with Gasteiger partial charge in [0, 0.05) is 30.1 Å². The van der Waals surface area contributed by atoms with E-state index in [1.54, 1.807) is 6.07 Å². The molecule has 2 aromatic carbocycles. The van der Waals surface area contributed by atoms with Gasteiger partial charge in [-0.3, -0.25) is 14.5 Å². The third-order valence-electron chi connectivity index (χ3n) is 9.00. The molecular weight excluding hydrogens is 533 g/mol. The van der Waals surface area contributed by atoms with E-state index >= 15 is 0 Å². The number of carbonyl (C=O) groups is 2. The maximum atomic E-state index is 13.8. The number of nitrogens with zero attached hydrogens (tertiary/aromatic N) is 3. The number of piperidine rings is 1. The summed E-state index contributed by atoms with van der Waals surface area (Å²) < 4.78 is 16.0. The van der Waals surface area contributed by atoms with Gasteiger partial charge in [0.1, 0.15) is 5.82 Å². The predicted octanol–water partition coefficient (Wildman–Crippen LogP) is 5.09. The molecule has 2 amide bonds. The molecule has 1 aliphatic carbocycles. The second kappa shape index (κ2) is 12.5. The third-order valence-corrected chi connectivity index (χ3v) is 9.00. The van der Waals surface area contributed by atoms with Crippen molar-refractivity contribution in [3.63, 3.8) is 0 Å². The molecule has 1 aliphatic heterocycles. The highest BCUT2D eigenvalue weighted by atomic mass is 19.1. The number of hydrogen-bond acceptors (Lipinski definition) is 4. The van der Waals surface area contributed by atoms with Crippen LogP contribution in [-0.4, -0.2) is 56.1 Å². The number of H-pyrrole nitrogens is 1. The van der Waals surface area contributed by atoms with Crippen LogP contribution in [0.1, 0.15) is 88.2 Å². The molecule has 0 bridgehead atoms. The standard InChI is InChI=1S/C33H44FN5O3/c1-21(2)30(40)35-26-9-11-27(12-10-26)39-29-18-22(20-38-16-14-24(15-17-38)33(3,4)42)8-13-28(29)36-32(39)37-31(41)23-6-5-7-25(34)19-23/h5-8,13,18-19,21,24,26-27,42H,9-12,14-17,20H2,1-4H3,(H,35,40)(H,36,37,41)/t26-,27+. The van der Waals surface area contributed by atoms with Gasteiger partial charge in [0.25, 0.3) is 5.91 Å². The van der Waals surface area contributed by atoms with Crippen molar-refractivity contribution in [3.8, 4) is 0 Å². The van der Waals surface area contributed by atoms with E-state index in [4.69, 9.17) is 0 Å². The van der Waals surface area contributed by atoms with Crippen LogP contribution in [0, 0.1) is 17.7 Å². The molecule has 3 N–H and O–H groups in total. The number of amides is 2. The van der Waals surface area contributed by atoms with Gasteiger partial charge in [0.15, 0.2) is 0 Å². The lowest BCUT2D eigenvalue weighted by atomic mass is 9.83. The van der Waals surface area contributed by atoms with Gasteiger partial charge in [-0.05, 0) is 107 Å². The van der Waals surface area contributed by atoms with E-state index in [2.05, 4.69) is 36.9 Å². The summed E-state index contributed by atoms with van der Waals surface area (Å²) in [7, 11) is 0. The number of carbonyl (C=O) groups excluding carboxylic acids is 2. The first kappa shape index (κ1) is 30.2. The molecular formula is C33H44FN5O3. The summed E-state index contributed by atoms with van der Waals surface area (Å²) in [4.78, 5) is 35.6. The smallest absolute Gasteiger partial charge is 0.280 e. The Hall–Kier alpha value is -3.30. The minimum Gasteiger partial charge on any atom is -0.390 e. The molecule has 0 spiro atoms. The molecule has 0 unspecified atom stereocenters. The second-order valence-corrected chi connectivity index (χ2v) is 13.0. The van der Waals surface area contributed by atoms with E-state index in [-0.39, 0.29) is 29.5 Å². The third kappa shape index (κ3) is 7.01. The van der Waals surface area contributed by atoms with Crippen molar-refractivity contribution in [1.29, 1.82) is 0 Å². The largest absolute Gasteiger partial charge is 0.390 e. The fourth-order valence-electron chi connectivity index (χ4n) is 6.41. The summed E-state index contributed by atoms with van der Waals surface area (Å²) in [5.74, 6) is -0.639. The van der Waals surface area contributed by atoms with Crippen molar-refractivity contribution >= 4 is 22.8 Å². The van der Waals surface area contributed by atoms with Crippen LogP contribution in [0.4, 0.5) is 4.39 Å². The molecule has 2 aliphatic rings. The van der Waals surface area contributed by atoms with Gasteiger partial charge < -0.3 is 20.0 Å². The Morgan fingerprint density at radius 3 is 2.43 bits per heavy atom. The number of imidazole rings is 1. The molecule has 0 atom stereocenters. The molecule has 3 aromatic rings. The molecule has 8 nitrogen and oxygen atoms in total. The lowest BCUT2D eigenvalue weighted by molar-refractivity contribution is -0.125. The van der Waals surface area contributed by atoms with E-state index in [1.807, 2.05) is 33.8 Å². The second-order valence-electron chi connectivity index (χ2n) is 13.0. The minimum absolute atomic E-state index is 0.0516. The van der Waals surface area contributed by atoms with E-state index in [0.29, 0.717) is 11.5 Å². The van der Waals surface area contributed by atoms with Crippen molar-refractivity contribution in [1.82, 2.24) is 19.8 Å². The Balaban J connectivity index is 1.43. The number of hydrogen-bond donors (Lipinski definition) is 3. The normalized spacial score (nSPS) is 21.3. The highest BCUT2D eigenvalue weighted by Crippen LogP contribution is 2.32. The van der Waals surface area contributed by atoms with Gasteiger partial charge in [-0.15, -0.1) is 0 Å². The van der Waals surface area contributed by atoms with Crippen LogP contribution < -0.4 is 10.9 Å². The van der Waals surface area contributed by atoms with Crippen molar-refractivity contribution in [3.05, 3.63) is 65.0 Å². The topological polar surface area (TPSA) is 103 Å². The summed E-state index contributed by atoms with van der Waals surface area (Å²) in [6.45, 7) is 10.3. The number of benzene rings is 2. The zero-order chi connectivity index (χ0) is 30.0. The summed E-state index contributed by atoms with van der Waals surface area (Å²) >= 11 is 0. The lowest BCUT2D eigenvalue weighted by Gasteiger charge is -2.37. The Morgan fingerprint density at radius 1 is 1.07 bits per heavy atom. The van der Waals surface area contributed by atoms with Crippen molar-refractivity contribution in [2.24, 2.45) is 16.8 Å². The summed E-state index contributed by atoms with van der Waals surface area (Å²) in [5.41, 5.74) is 3.06. The molecule has 0 radical (unpaired) electrons. The van der Waals surface area contributed by atoms with E-state index in [1.165, 1.54) is 23.8 Å². The van der Waals surface area contributed by atoms with Crippen LogP contribution in [0.3, 0.4) is 0 Å². The predicted molar refractivity (Wildman–Crippen MR) is 161 cm³/mol. The van der Waals surface area contributed by atoms with Crippen LogP contribution in [0.15, 0.2) is 47.5 Å². The van der Waals surface area contributed by atoms with Crippen molar-refractivity contribution in [2.75, 3.05) is 13.1 Å². The fourth-order valence-corrected chi connectivity index (χ4v) is 6.41. The first-order valence-electron chi connectivity index (χ1n) is 15.3. The van der Waals surface area contributed by atoms with E-state index in [0.717, 1.165) is 69.2 Å². The summed E-state index contributed by atoms with van der Waals surface area (Å²) in [6.07, 6.45) is 5.30. The molecule has 5 rings (SSSR count). The SMILES string of the molecule is CC(C)C(=O)N[C@H]1CC[C@@H](n2/c(=N/C(=O)c3cccc(F)c3)[nH]c3ccc(CN4CCC(C(C)(C)O)CC4)cc32)CC1. The minimum atomic E-state index is -0.652. The fraction of sp³-hybridized carbons (Fsp3) is 0.545. The average Bonchev–Trinajstić information content (AvgIpc) is 3.30. The Bertz CT molecular complexity index is 1490. The molecule has 1 aromatic heterocycles. The maximum absolute atomic E-state index is 13.8. The zero-order valence-electron chi connectivity index (χ0n) is 25.2. The quantitative estimate of drug-likeness (QED) is 0.364. The first-order chi connectivity index (χ1) is 20.0. The Morgan fingerprint density at radius 2 is 1.79 bits per heavy atom. The van der Waals surface area contributed by atoms with Crippen molar-refractivity contribution in [2.45, 2.75) is 90.4 Å². The number of nitrogens with one attached hydrogen (secondary N) is 2. The zero-order valence-corrected chi connectivity index (χ0v) is 25.2. The monoisotopic (exact) mass is 577 g/mol. The van der Waals surface area contributed by atoms with Crippen LogP contribution in [0.5, 0.6) is 0 Å². The summed E-state index contributed by atoms with van der Waals surface area (Å²) in [5, 5.41) is 13.6. The average molecular weight is 578 g/mol. The highest BCUT2D eigenvalue weighted by molar-refractivity contribution is 5.95. The molecule has 1 saturated heterocycles. The Labute approximate surface area is 247 Å². The number of aromatic nitrogens is 2. The number of likely N-dealkylation sites (tertiary alicyclic amines) is 1. The van der Waals surface area contributed by atoms with Gasteiger partial charge in [-0.1, -0.05) is 26.0 Å². The number of aliphatic hydroxyl groups is 1. The Kier molecular flexibility index (Phi) is 8.99. The van der Waals surface area contributed by atoms with Gasteiger partial charge >= 0.3 is 0 Å². The molecule has 2 heterocycles. The number of fused-ring (bicyclic) bond motifs is 1. The summed E-state index contributed by atoms with van der Waals surface area (Å²) in [6, 6.07) is 12.2. The number of halogens is 1. The molecule has 1 saturated carbocycles. The van der Waals surface area contributed by atoms with E-state index in [9.17, 15) is 19.1 Å². The van der Waals surface area contributed by atoms with Crippen LogP contribution >= 0.6 is 0 Å². The maximum Gasteiger partial charge on any atom is 0.280 e. The molecule has 42 heavy (non-hydrogen) atoms. The number of rotatable bonds is 7.